The van der Waals surface area contributed by atoms with Crippen LogP contribution < -0.4 is 5.32 Å². The molecule has 1 aromatic carbocycles. The van der Waals surface area contributed by atoms with E-state index in [2.05, 4.69) is 16.3 Å². The minimum Gasteiger partial charge on any atom is -0.342 e. The fourth-order valence-corrected chi connectivity index (χ4v) is 1.51. The molecule has 4 nitrogen and oxygen atoms in total. The third-order valence-corrected chi connectivity index (χ3v) is 2.42. The molecule has 0 saturated heterocycles. The van der Waals surface area contributed by atoms with Crippen molar-refractivity contribution in [2.45, 2.75) is 0 Å². The van der Waals surface area contributed by atoms with Gasteiger partial charge in [-0.3, -0.25) is 4.79 Å². The van der Waals surface area contributed by atoms with E-state index in [0.717, 1.165) is 11.3 Å². The molecule has 2 rings (SSSR count). The highest BCUT2D eigenvalue weighted by Crippen LogP contribution is 2.08. The first-order valence-electron chi connectivity index (χ1n) is 5.79. The van der Waals surface area contributed by atoms with E-state index in [0.29, 0.717) is 0 Å². The lowest BCUT2D eigenvalue weighted by Gasteiger charge is -1.98. The Balaban J connectivity index is 2.04. The highest BCUT2D eigenvalue weighted by Gasteiger charge is 1.98. The quantitative estimate of drug-likeness (QED) is 0.663. The van der Waals surface area contributed by atoms with E-state index in [1.165, 1.54) is 6.08 Å². The predicted molar refractivity (Wildman–Crippen MR) is 74.4 cm³/mol. The van der Waals surface area contributed by atoms with Crippen LogP contribution in [0.15, 0.2) is 48.8 Å². The summed E-state index contributed by atoms with van der Waals surface area (Å²) in [7, 11) is 0. The van der Waals surface area contributed by atoms with Crippen LogP contribution in [0.2, 0.25) is 0 Å². The maximum atomic E-state index is 11.3. The molecule has 0 aliphatic heterocycles. The summed E-state index contributed by atoms with van der Waals surface area (Å²) in [4.78, 5) is 11.3. The molecule has 4 heteroatoms. The molecule has 0 atom stereocenters. The van der Waals surface area contributed by atoms with E-state index in [9.17, 15) is 4.79 Å². The number of hydrogen-bond donors (Lipinski definition) is 1. The molecule has 1 N–H and O–H groups in total. The minimum absolute atomic E-state index is 0.217. The number of aromatic nitrogens is 2. The summed E-state index contributed by atoms with van der Waals surface area (Å²) in [6, 6.07) is 9.75. The van der Waals surface area contributed by atoms with Gasteiger partial charge in [-0.05, 0) is 18.2 Å². The van der Waals surface area contributed by atoms with Crippen LogP contribution in [0, 0.1) is 12.3 Å². The third-order valence-electron chi connectivity index (χ3n) is 2.42. The smallest absolute Gasteiger partial charge is 0.244 e. The van der Waals surface area contributed by atoms with Crippen molar-refractivity contribution in [3.05, 3.63) is 54.4 Å². The van der Waals surface area contributed by atoms with Crippen LogP contribution in [-0.4, -0.2) is 22.2 Å². The Morgan fingerprint density at radius 2 is 2.21 bits per heavy atom. The van der Waals surface area contributed by atoms with Gasteiger partial charge >= 0.3 is 0 Å². The molecule has 2 aromatic rings. The first-order chi connectivity index (χ1) is 9.29. The zero-order chi connectivity index (χ0) is 13.5. The van der Waals surface area contributed by atoms with Gasteiger partial charge in [0.25, 0.3) is 0 Å². The van der Waals surface area contributed by atoms with Crippen LogP contribution in [0.1, 0.15) is 5.56 Å². The van der Waals surface area contributed by atoms with Gasteiger partial charge in [-0.2, -0.15) is 5.10 Å². The molecule has 19 heavy (non-hydrogen) atoms. The van der Waals surface area contributed by atoms with Gasteiger partial charge in [0.05, 0.1) is 18.4 Å². The van der Waals surface area contributed by atoms with Crippen LogP contribution in [0.4, 0.5) is 0 Å². The minimum atomic E-state index is -0.217. The van der Waals surface area contributed by atoms with Gasteiger partial charge in [0.2, 0.25) is 5.91 Å². The Labute approximate surface area is 111 Å². The van der Waals surface area contributed by atoms with Crippen molar-refractivity contribution in [3.63, 3.8) is 0 Å². The van der Waals surface area contributed by atoms with Crippen molar-refractivity contribution >= 4 is 12.0 Å². The van der Waals surface area contributed by atoms with Crippen molar-refractivity contribution in [1.29, 1.82) is 0 Å². The Hall–Kier alpha value is -2.80. The van der Waals surface area contributed by atoms with Crippen LogP contribution in [0.5, 0.6) is 0 Å². The largest absolute Gasteiger partial charge is 0.342 e. The van der Waals surface area contributed by atoms with Crippen molar-refractivity contribution < 1.29 is 4.79 Å². The lowest BCUT2D eigenvalue weighted by Crippen LogP contribution is -2.20. The molecule has 0 saturated carbocycles. The maximum Gasteiger partial charge on any atom is 0.244 e. The fraction of sp³-hybridized carbons (Fsp3) is 0.0667. The van der Waals surface area contributed by atoms with Gasteiger partial charge in [-0.15, -0.1) is 6.42 Å². The molecule has 0 bridgehead atoms. The number of hydrogen-bond acceptors (Lipinski definition) is 2. The lowest BCUT2D eigenvalue weighted by atomic mass is 10.3. The van der Waals surface area contributed by atoms with E-state index in [1.54, 1.807) is 17.0 Å². The second kappa shape index (κ2) is 6.22. The molecule has 1 amide bonds. The average molecular weight is 251 g/mol. The van der Waals surface area contributed by atoms with Gasteiger partial charge in [-0.1, -0.05) is 24.1 Å². The Bertz CT molecular complexity index is 620. The van der Waals surface area contributed by atoms with Gasteiger partial charge in [-0.25, -0.2) is 4.68 Å². The summed E-state index contributed by atoms with van der Waals surface area (Å²) < 4.78 is 1.75. The Morgan fingerprint density at radius 1 is 1.42 bits per heavy atom. The summed E-state index contributed by atoms with van der Waals surface area (Å²) in [5, 5.41) is 6.78. The summed E-state index contributed by atoms with van der Waals surface area (Å²) in [5.74, 6) is 2.12. The SMILES string of the molecule is C#CCNC(=O)/C=C/c1cnn(-c2ccccc2)c1. The number of terminal acetylenes is 1. The number of nitrogens with one attached hydrogen (secondary N) is 1. The number of nitrogens with zero attached hydrogens (tertiary/aromatic N) is 2. The molecule has 0 radical (unpaired) electrons. The summed E-state index contributed by atoms with van der Waals surface area (Å²) in [6.45, 7) is 0.229. The van der Waals surface area contributed by atoms with Gasteiger partial charge < -0.3 is 5.32 Å². The second-order valence-electron chi connectivity index (χ2n) is 3.81. The highest BCUT2D eigenvalue weighted by molar-refractivity contribution is 5.91. The first-order valence-corrected chi connectivity index (χ1v) is 5.79. The molecule has 0 spiro atoms. The number of para-hydroxylation sites is 1. The summed E-state index contributed by atoms with van der Waals surface area (Å²) in [6.07, 6.45) is 11.7. The number of rotatable bonds is 4. The van der Waals surface area contributed by atoms with Gasteiger partial charge in [0.15, 0.2) is 0 Å². The molecule has 94 valence electrons. The standard InChI is InChI=1S/C15H13N3O/c1-2-10-16-15(19)9-8-13-11-17-18(12-13)14-6-4-3-5-7-14/h1,3-9,11-12H,10H2,(H,16,19)/b9-8+. The van der Waals surface area contributed by atoms with E-state index >= 15 is 0 Å². The van der Waals surface area contributed by atoms with E-state index < -0.39 is 0 Å². The zero-order valence-corrected chi connectivity index (χ0v) is 10.3. The topological polar surface area (TPSA) is 46.9 Å². The average Bonchev–Trinajstić information content (AvgIpc) is 2.93. The summed E-state index contributed by atoms with van der Waals surface area (Å²) >= 11 is 0. The maximum absolute atomic E-state index is 11.3. The van der Waals surface area contributed by atoms with Crippen LogP contribution in [0.25, 0.3) is 11.8 Å². The number of amides is 1. The van der Waals surface area contributed by atoms with Crippen LogP contribution in [0.3, 0.4) is 0 Å². The lowest BCUT2D eigenvalue weighted by molar-refractivity contribution is -0.116. The number of carbonyl (C=O) groups is 1. The van der Waals surface area contributed by atoms with Crippen molar-refractivity contribution in [2.75, 3.05) is 6.54 Å². The number of benzene rings is 1. The van der Waals surface area contributed by atoms with E-state index in [4.69, 9.17) is 6.42 Å². The molecule has 0 aliphatic rings. The summed E-state index contributed by atoms with van der Waals surface area (Å²) in [5.41, 5.74) is 1.82. The zero-order valence-electron chi connectivity index (χ0n) is 10.3. The monoisotopic (exact) mass is 251 g/mol. The van der Waals surface area contributed by atoms with Crippen LogP contribution in [-0.2, 0) is 4.79 Å². The molecular formula is C15H13N3O. The van der Waals surface area contributed by atoms with Crippen molar-refractivity contribution in [1.82, 2.24) is 15.1 Å². The predicted octanol–water partition coefficient (Wildman–Crippen LogP) is 1.63. The molecule has 1 heterocycles. The molecule has 1 aromatic heterocycles. The normalized spacial score (nSPS) is 10.3. The first kappa shape index (κ1) is 12.7. The fourth-order valence-electron chi connectivity index (χ4n) is 1.51. The Morgan fingerprint density at radius 3 is 2.95 bits per heavy atom. The molecule has 0 unspecified atom stereocenters. The van der Waals surface area contributed by atoms with E-state index in [-0.39, 0.29) is 12.5 Å². The Kier molecular flexibility index (Phi) is 4.14. The van der Waals surface area contributed by atoms with Crippen molar-refractivity contribution in [3.8, 4) is 18.0 Å². The van der Waals surface area contributed by atoms with Crippen molar-refractivity contribution in [2.24, 2.45) is 0 Å². The van der Waals surface area contributed by atoms with Gasteiger partial charge in [0, 0.05) is 17.8 Å². The number of carbonyl (C=O) groups excluding carboxylic acids is 1. The second-order valence-corrected chi connectivity index (χ2v) is 3.81. The third kappa shape index (κ3) is 3.58. The van der Waals surface area contributed by atoms with E-state index in [1.807, 2.05) is 36.5 Å². The van der Waals surface area contributed by atoms with Gasteiger partial charge in [0.1, 0.15) is 0 Å². The molecular weight excluding hydrogens is 238 g/mol. The van der Waals surface area contributed by atoms with Crippen LogP contribution >= 0.6 is 0 Å². The highest BCUT2D eigenvalue weighted by atomic mass is 16.1. The molecule has 0 fully saturated rings. The molecule has 0 aliphatic carbocycles.